The van der Waals surface area contributed by atoms with Gasteiger partial charge in [0, 0.05) is 19.1 Å². The van der Waals surface area contributed by atoms with Gasteiger partial charge in [-0.1, -0.05) is 12.8 Å². The summed E-state index contributed by atoms with van der Waals surface area (Å²) >= 11 is 0. The zero-order chi connectivity index (χ0) is 13.7. The highest BCUT2D eigenvalue weighted by atomic mass is 16.5. The summed E-state index contributed by atoms with van der Waals surface area (Å²) in [5.74, 6) is 0.180. The smallest absolute Gasteiger partial charge is 0.251 e. The lowest BCUT2D eigenvalue weighted by atomic mass is 10.0. The van der Waals surface area contributed by atoms with Crippen molar-refractivity contribution in [3.05, 3.63) is 0 Å². The summed E-state index contributed by atoms with van der Waals surface area (Å²) in [5, 5.41) is 3.42. The molecular weight excluding hydrogens is 240 g/mol. The number of carbonyl (C=O) groups excluding carboxylic acids is 1. The van der Waals surface area contributed by atoms with E-state index in [1.165, 1.54) is 12.8 Å². The van der Waals surface area contributed by atoms with E-state index >= 15 is 0 Å². The minimum atomic E-state index is -0.301. The van der Waals surface area contributed by atoms with Gasteiger partial charge in [-0.15, -0.1) is 0 Å². The van der Waals surface area contributed by atoms with E-state index in [-0.39, 0.29) is 18.1 Å². The molecule has 1 N–H and O–H groups in total. The van der Waals surface area contributed by atoms with Crippen LogP contribution in [0.5, 0.6) is 0 Å². The van der Waals surface area contributed by atoms with Crippen molar-refractivity contribution in [1.29, 1.82) is 0 Å². The molecule has 0 saturated carbocycles. The molecule has 2 rings (SSSR count). The summed E-state index contributed by atoms with van der Waals surface area (Å²) in [7, 11) is 0. The van der Waals surface area contributed by atoms with Gasteiger partial charge < -0.3 is 15.0 Å². The van der Waals surface area contributed by atoms with Gasteiger partial charge in [0.15, 0.2) is 0 Å². The monoisotopic (exact) mass is 268 g/mol. The number of ether oxygens (including phenoxy) is 1. The number of piperidine rings is 1. The highest BCUT2D eigenvalue weighted by molar-refractivity contribution is 5.80. The fraction of sp³-hybridized carbons (Fsp3) is 0.933. The van der Waals surface area contributed by atoms with Gasteiger partial charge in [-0.2, -0.15) is 0 Å². The zero-order valence-electron chi connectivity index (χ0n) is 12.4. The lowest BCUT2D eigenvalue weighted by Crippen LogP contribution is -2.48. The van der Waals surface area contributed by atoms with Crippen molar-refractivity contribution >= 4 is 5.91 Å². The third-order valence-corrected chi connectivity index (χ3v) is 4.33. The van der Waals surface area contributed by atoms with Crippen molar-refractivity contribution in [2.75, 3.05) is 19.6 Å². The maximum atomic E-state index is 12.4. The molecule has 3 unspecified atom stereocenters. The summed E-state index contributed by atoms with van der Waals surface area (Å²) in [5.41, 5.74) is 0. The van der Waals surface area contributed by atoms with Crippen molar-refractivity contribution in [3.8, 4) is 0 Å². The first kappa shape index (κ1) is 14.8. The fourth-order valence-electron chi connectivity index (χ4n) is 3.07. The van der Waals surface area contributed by atoms with Gasteiger partial charge >= 0.3 is 0 Å². The van der Waals surface area contributed by atoms with Crippen LogP contribution in [0.2, 0.25) is 0 Å². The average Bonchev–Trinajstić information content (AvgIpc) is 2.69. The molecule has 0 bridgehead atoms. The number of nitrogens with zero attached hydrogens (tertiary/aromatic N) is 1. The second-order valence-electron chi connectivity index (χ2n) is 5.94. The highest BCUT2D eigenvalue weighted by Crippen LogP contribution is 2.17. The maximum absolute atomic E-state index is 12.4. The molecule has 0 spiro atoms. The largest absolute Gasteiger partial charge is 0.364 e. The molecule has 19 heavy (non-hydrogen) atoms. The molecule has 110 valence electrons. The van der Waals surface area contributed by atoms with Gasteiger partial charge in [-0.25, -0.2) is 0 Å². The van der Waals surface area contributed by atoms with E-state index in [4.69, 9.17) is 4.74 Å². The molecule has 0 aromatic heterocycles. The lowest BCUT2D eigenvalue weighted by Gasteiger charge is -2.33. The van der Waals surface area contributed by atoms with E-state index in [9.17, 15) is 4.79 Å². The van der Waals surface area contributed by atoms with Gasteiger partial charge in [-0.3, -0.25) is 4.79 Å². The normalized spacial score (nSPS) is 30.7. The summed E-state index contributed by atoms with van der Waals surface area (Å²) in [6.45, 7) is 6.94. The second kappa shape index (κ2) is 7.25. The van der Waals surface area contributed by atoms with Crippen LogP contribution in [0.3, 0.4) is 0 Å². The Hall–Kier alpha value is -0.610. The predicted molar refractivity (Wildman–Crippen MR) is 76.1 cm³/mol. The van der Waals surface area contributed by atoms with Crippen molar-refractivity contribution in [1.82, 2.24) is 10.2 Å². The molecule has 0 radical (unpaired) electrons. The zero-order valence-corrected chi connectivity index (χ0v) is 12.4. The first-order valence-electron chi connectivity index (χ1n) is 7.86. The molecule has 1 amide bonds. The molecular formula is C15H28N2O2. The van der Waals surface area contributed by atoms with Crippen LogP contribution in [0.1, 0.15) is 52.4 Å². The molecule has 2 heterocycles. The van der Waals surface area contributed by atoms with Crippen LogP contribution in [0.4, 0.5) is 0 Å². The first-order valence-corrected chi connectivity index (χ1v) is 7.86. The van der Waals surface area contributed by atoms with Crippen LogP contribution in [-0.2, 0) is 9.53 Å². The second-order valence-corrected chi connectivity index (χ2v) is 5.94. The van der Waals surface area contributed by atoms with E-state index in [1.54, 1.807) is 0 Å². The Labute approximate surface area is 116 Å². The Bertz CT molecular complexity index is 288. The summed E-state index contributed by atoms with van der Waals surface area (Å²) in [6.07, 6.45) is 6.86. The topological polar surface area (TPSA) is 41.6 Å². The molecule has 2 aliphatic heterocycles. The van der Waals surface area contributed by atoms with Gasteiger partial charge in [-0.05, 0) is 46.1 Å². The number of hydrogen-bond donors (Lipinski definition) is 1. The molecule has 0 aromatic carbocycles. The Balaban J connectivity index is 1.83. The summed E-state index contributed by atoms with van der Waals surface area (Å²) < 4.78 is 6.01. The van der Waals surface area contributed by atoms with E-state index in [1.807, 2.05) is 11.8 Å². The molecule has 3 atom stereocenters. The lowest BCUT2D eigenvalue weighted by molar-refractivity contribution is -0.148. The van der Waals surface area contributed by atoms with E-state index in [2.05, 4.69) is 12.2 Å². The Kier molecular flexibility index (Phi) is 5.64. The predicted octanol–water partition coefficient (Wildman–Crippen LogP) is 1.93. The molecule has 2 aliphatic rings. The number of rotatable bonds is 3. The fourth-order valence-corrected chi connectivity index (χ4v) is 3.07. The number of amides is 1. The van der Waals surface area contributed by atoms with Crippen molar-refractivity contribution in [3.63, 3.8) is 0 Å². The third-order valence-electron chi connectivity index (χ3n) is 4.33. The Morgan fingerprint density at radius 2 is 1.89 bits per heavy atom. The minimum Gasteiger partial charge on any atom is -0.364 e. The van der Waals surface area contributed by atoms with Gasteiger partial charge in [0.25, 0.3) is 5.91 Å². The first-order chi connectivity index (χ1) is 9.18. The highest BCUT2D eigenvalue weighted by Gasteiger charge is 2.28. The molecule has 4 nitrogen and oxygen atoms in total. The number of nitrogens with one attached hydrogen (secondary N) is 1. The van der Waals surface area contributed by atoms with Crippen LogP contribution < -0.4 is 5.32 Å². The quantitative estimate of drug-likeness (QED) is 0.850. The van der Waals surface area contributed by atoms with Gasteiger partial charge in [0.1, 0.15) is 6.10 Å². The van der Waals surface area contributed by atoms with Crippen molar-refractivity contribution in [2.45, 2.75) is 70.6 Å². The summed E-state index contributed by atoms with van der Waals surface area (Å²) in [6, 6.07) is 0.355. The molecule has 0 aliphatic carbocycles. The van der Waals surface area contributed by atoms with Crippen LogP contribution in [0, 0.1) is 0 Å². The SMILES string of the molecule is CC(OC1CCCNC1C)C(=O)N1CCCCCC1. The molecule has 4 heteroatoms. The van der Waals surface area contributed by atoms with Crippen LogP contribution >= 0.6 is 0 Å². The van der Waals surface area contributed by atoms with Crippen molar-refractivity contribution < 1.29 is 9.53 Å². The number of hydrogen-bond acceptors (Lipinski definition) is 3. The Morgan fingerprint density at radius 3 is 2.53 bits per heavy atom. The van der Waals surface area contributed by atoms with E-state index in [0.29, 0.717) is 6.04 Å². The number of likely N-dealkylation sites (tertiary alicyclic amines) is 1. The van der Waals surface area contributed by atoms with Crippen LogP contribution in [0.25, 0.3) is 0 Å². The minimum absolute atomic E-state index is 0.180. The standard InChI is InChI=1S/C15H28N2O2/c1-12-14(8-7-9-16-12)19-13(2)15(18)17-10-5-3-4-6-11-17/h12-14,16H,3-11H2,1-2H3. The Morgan fingerprint density at radius 1 is 1.21 bits per heavy atom. The molecule has 2 fully saturated rings. The third kappa shape index (κ3) is 4.18. The average molecular weight is 268 g/mol. The maximum Gasteiger partial charge on any atom is 0.251 e. The van der Waals surface area contributed by atoms with Crippen molar-refractivity contribution in [2.24, 2.45) is 0 Å². The number of carbonyl (C=O) groups is 1. The molecule has 0 aromatic rings. The van der Waals surface area contributed by atoms with E-state index < -0.39 is 0 Å². The summed E-state index contributed by atoms with van der Waals surface area (Å²) in [4.78, 5) is 14.4. The van der Waals surface area contributed by atoms with Crippen LogP contribution in [-0.4, -0.2) is 48.7 Å². The van der Waals surface area contributed by atoms with E-state index in [0.717, 1.165) is 45.3 Å². The van der Waals surface area contributed by atoms with Gasteiger partial charge in [0.05, 0.1) is 6.10 Å². The van der Waals surface area contributed by atoms with Gasteiger partial charge in [0.2, 0.25) is 0 Å². The molecule has 2 saturated heterocycles. The van der Waals surface area contributed by atoms with Crippen LogP contribution in [0.15, 0.2) is 0 Å².